The molecule has 2 N–H and O–H groups in total. The molecule has 9 atom stereocenters. The summed E-state index contributed by atoms with van der Waals surface area (Å²) in [5, 5.41) is 5.87. The lowest BCUT2D eigenvalue weighted by Gasteiger charge is -2.41. The quantitative estimate of drug-likeness (QED) is 0.0958. The molecular weight excluding hydrogens is 891 g/mol. The monoisotopic (exact) mass is 968 g/mol. The number of esters is 1. The average Bonchev–Trinajstić information content (AvgIpc) is 3.97. The van der Waals surface area contributed by atoms with Crippen molar-refractivity contribution in [3.8, 4) is 11.1 Å². The van der Waals surface area contributed by atoms with Crippen molar-refractivity contribution in [2.75, 3.05) is 48.6 Å². The number of hydrogen-bond donors (Lipinski definition) is 2. The van der Waals surface area contributed by atoms with Gasteiger partial charge in [-0.15, -0.1) is 0 Å². The zero-order valence-corrected chi connectivity index (χ0v) is 43.3. The van der Waals surface area contributed by atoms with Gasteiger partial charge in [0, 0.05) is 47.2 Å². The summed E-state index contributed by atoms with van der Waals surface area (Å²) < 4.78 is 23.0. The minimum absolute atomic E-state index is 0.0583. The van der Waals surface area contributed by atoms with Gasteiger partial charge in [0.1, 0.15) is 24.7 Å². The van der Waals surface area contributed by atoms with Gasteiger partial charge in [-0.25, -0.2) is 9.59 Å². The Morgan fingerprint density at radius 2 is 1.34 bits per heavy atom. The molecule has 3 aromatic carbocycles. The van der Waals surface area contributed by atoms with E-state index in [1.54, 1.807) is 30.8 Å². The zero-order chi connectivity index (χ0) is 51.4. The van der Waals surface area contributed by atoms with Gasteiger partial charge in [-0.05, 0) is 58.4 Å². The van der Waals surface area contributed by atoms with E-state index in [1.165, 1.54) is 26.2 Å². The zero-order valence-electron chi connectivity index (χ0n) is 43.3. The molecule has 382 valence electrons. The van der Waals surface area contributed by atoms with Crippen LogP contribution in [0.4, 0.5) is 4.79 Å². The van der Waals surface area contributed by atoms with Crippen LogP contribution < -0.4 is 10.6 Å². The fourth-order valence-electron chi connectivity index (χ4n) is 10.5. The van der Waals surface area contributed by atoms with Crippen LogP contribution in [0.2, 0.25) is 0 Å². The highest BCUT2D eigenvalue weighted by molar-refractivity contribution is 5.92. The summed E-state index contributed by atoms with van der Waals surface area (Å²) in [7, 11) is 7.55. The van der Waals surface area contributed by atoms with Crippen molar-refractivity contribution in [2.24, 2.45) is 23.7 Å². The molecule has 5 rings (SSSR count). The molecule has 0 radical (unpaired) electrons. The number of methoxy groups -OCH3 is 3. The van der Waals surface area contributed by atoms with E-state index in [9.17, 15) is 28.8 Å². The number of carbonyl (C=O) groups excluding carboxylic acids is 6. The van der Waals surface area contributed by atoms with E-state index in [0.717, 1.165) is 27.8 Å². The molecule has 0 bridgehead atoms. The Hall–Kier alpha value is -5.80. The van der Waals surface area contributed by atoms with Crippen LogP contribution in [0.25, 0.3) is 11.1 Å². The molecule has 1 heterocycles. The number of fused-ring (bicyclic) bond motifs is 3. The van der Waals surface area contributed by atoms with Crippen molar-refractivity contribution in [1.29, 1.82) is 0 Å². The second kappa shape index (κ2) is 25.4. The summed E-state index contributed by atoms with van der Waals surface area (Å²) in [6, 6.07) is 21.7. The molecule has 0 saturated carbocycles. The maximum Gasteiger partial charge on any atom is 0.410 e. The Bertz CT molecular complexity index is 2210. The van der Waals surface area contributed by atoms with E-state index in [4.69, 9.17) is 18.9 Å². The van der Waals surface area contributed by atoms with Gasteiger partial charge < -0.3 is 39.4 Å². The number of likely N-dealkylation sites (N-methyl/N-ethyl adjacent to an activating group) is 2. The van der Waals surface area contributed by atoms with Crippen LogP contribution in [0.5, 0.6) is 0 Å². The molecule has 1 fully saturated rings. The van der Waals surface area contributed by atoms with Gasteiger partial charge in [0.05, 0.1) is 43.7 Å². The summed E-state index contributed by atoms with van der Waals surface area (Å²) in [5.74, 6) is -3.71. The predicted molar refractivity (Wildman–Crippen MR) is 268 cm³/mol. The molecule has 15 heteroatoms. The first-order valence-electron chi connectivity index (χ1n) is 24.8. The van der Waals surface area contributed by atoms with Gasteiger partial charge in [-0.3, -0.25) is 24.1 Å². The number of hydrogen-bond acceptors (Lipinski definition) is 10. The molecule has 1 aliphatic carbocycles. The molecule has 2 aliphatic rings. The normalized spacial score (nSPS) is 17.8. The molecular formula is C55H77N5O10. The van der Waals surface area contributed by atoms with Gasteiger partial charge in [0.15, 0.2) is 0 Å². The number of carbonyl (C=O) groups is 6. The Balaban J connectivity index is 1.26. The second-order valence-electron chi connectivity index (χ2n) is 19.7. The van der Waals surface area contributed by atoms with Crippen molar-refractivity contribution in [1.82, 2.24) is 25.3 Å². The van der Waals surface area contributed by atoms with Crippen LogP contribution in [0.1, 0.15) is 96.8 Å². The van der Waals surface area contributed by atoms with Gasteiger partial charge in [0.2, 0.25) is 23.6 Å². The molecule has 70 heavy (non-hydrogen) atoms. The molecule has 5 amide bonds. The standard InChI is InChI=1S/C55H77N5O10/c1-13-35(6)49(45(67-10)31-46(61)60-29-21-28-44(60)50(68-11)36(7)51(62)56-43(54(65)69-12)30-37-22-15-14-16-23-37)58(8)53(64)47(33(2)3)57-52(63)48(34(4)5)59(9)55(66)70-32-42-40-26-19-17-24-38(40)39-25-18-20-27-41(39)42/h14-20,22-27,33-36,42-45,47-50H,13,21,28-32H2,1-12H3,(H,56,62)(H,57,63)/t35-,36+,43-,44-,45+,47-,48-,49-,50+/m0/s1. The number of amides is 5. The maximum absolute atomic E-state index is 14.7. The largest absolute Gasteiger partial charge is 0.467 e. The highest BCUT2D eigenvalue weighted by atomic mass is 16.6. The third-order valence-corrected chi connectivity index (χ3v) is 14.5. The van der Waals surface area contributed by atoms with E-state index >= 15 is 0 Å². The Morgan fingerprint density at radius 3 is 1.89 bits per heavy atom. The first kappa shape index (κ1) is 55.1. The first-order chi connectivity index (χ1) is 33.4. The number of nitrogens with zero attached hydrogens (tertiary/aromatic N) is 3. The first-order valence-corrected chi connectivity index (χ1v) is 24.8. The van der Waals surface area contributed by atoms with Gasteiger partial charge in [-0.2, -0.15) is 0 Å². The lowest BCUT2D eigenvalue weighted by atomic mass is 9.89. The van der Waals surface area contributed by atoms with Crippen LogP contribution in [0, 0.1) is 23.7 Å². The predicted octanol–water partition coefficient (Wildman–Crippen LogP) is 6.85. The van der Waals surface area contributed by atoms with Crippen LogP contribution in [-0.4, -0.2) is 141 Å². The van der Waals surface area contributed by atoms with Crippen molar-refractivity contribution in [2.45, 2.75) is 129 Å². The maximum atomic E-state index is 14.7. The summed E-state index contributed by atoms with van der Waals surface area (Å²) in [6.07, 6.45) is 0.0709. The highest BCUT2D eigenvalue weighted by Gasteiger charge is 2.44. The fourth-order valence-corrected chi connectivity index (χ4v) is 10.5. The molecule has 1 saturated heterocycles. The summed E-state index contributed by atoms with van der Waals surface area (Å²) in [5.41, 5.74) is 5.23. The highest BCUT2D eigenvalue weighted by Crippen LogP contribution is 2.44. The van der Waals surface area contributed by atoms with Crippen LogP contribution in [-0.2, 0) is 49.3 Å². The molecule has 1 aliphatic heterocycles. The minimum atomic E-state index is -0.973. The lowest BCUT2D eigenvalue weighted by Crippen LogP contribution is -2.60. The number of benzene rings is 3. The smallest absolute Gasteiger partial charge is 0.410 e. The van der Waals surface area contributed by atoms with Gasteiger partial charge >= 0.3 is 12.1 Å². The van der Waals surface area contributed by atoms with Crippen molar-refractivity contribution < 1.29 is 47.7 Å². The topological polar surface area (TPSA) is 173 Å². The van der Waals surface area contributed by atoms with Crippen LogP contribution in [0.15, 0.2) is 78.9 Å². The van der Waals surface area contributed by atoms with E-state index < -0.39 is 72.2 Å². The number of likely N-dealkylation sites (tertiary alicyclic amines) is 1. The minimum Gasteiger partial charge on any atom is -0.467 e. The van der Waals surface area contributed by atoms with Crippen LogP contribution >= 0.6 is 0 Å². The molecule has 0 unspecified atom stereocenters. The van der Waals surface area contributed by atoms with Crippen LogP contribution in [0.3, 0.4) is 0 Å². The summed E-state index contributed by atoms with van der Waals surface area (Å²) in [4.78, 5) is 88.5. The van der Waals surface area contributed by atoms with Gasteiger partial charge in [-0.1, -0.05) is 134 Å². The molecule has 0 aromatic heterocycles. The van der Waals surface area contributed by atoms with E-state index in [2.05, 4.69) is 22.8 Å². The second-order valence-corrected chi connectivity index (χ2v) is 19.7. The third-order valence-electron chi connectivity index (χ3n) is 14.5. The number of rotatable bonds is 23. The van der Waals surface area contributed by atoms with Gasteiger partial charge in [0.25, 0.3) is 0 Å². The fraction of sp³-hybridized carbons (Fsp3) is 0.564. The molecule has 0 spiro atoms. The summed E-state index contributed by atoms with van der Waals surface area (Å²) in [6.45, 7) is 13.7. The third kappa shape index (κ3) is 12.7. The van der Waals surface area contributed by atoms with Crippen molar-refractivity contribution >= 4 is 35.7 Å². The number of nitrogens with one attached hydrogen (secondary N) is 2. The number of ether oxygens (including phenoxy) is 4. The summed E-state index contributed by atoms with van der Waals surface area (Å²) >= 11 is 0. The SMILES string of the molecule is CC[C@H](C)[C@@H]([C@@H](CC(=O)N1CCC[C@H]1[C@H](OC)[C@@H](C)C(=O)N[C@@H](Cc1ccccc1)C(=O)OC)OC)N(C)C(=O)[C@@H](NC(=O)[C@H](C(C)C)N(C)C(=O)OCC1c2ccccc2-c2ccccc21)C(C)C. The van der Waals surface area contributed by atoms with Crippen molar-refractivity contribution in [3.05, 3.63) is 95.6 Å². The lowest BCUT2D eigenvalue weighted by molar-refractivity contribution is -0.149. The van der Waals surface area contributed by atoms with Crippen molar-refractivity contribution in [3.63, 3.8) is 0 Å². The Kier molecular flexibility index (Phi) is 20.0. The Morgan fingerprint density at radius 1 is 0.743 bits per heavy atom. The molecule has 15 nitrogen and oxygen atoms in total. The Labute approximate surface area is 415 Å². The van der Waals surface area contributed by atoms with E-state index in [-0.39, 0.29) is 54.9 Å². The van der Waals surface area contributed by atoms with E-state index in [1.807, 2.05) is 108 Å². The van der Waals surface area contributed by atoms with E-state index in [0.29, 0.717) is 25.8 Å². The average molecular weight is 968 g/mol. The molecule has 3 aromatic rings.